The van der Waals surface area contributed by atoms with Crippen molar-refractivity contribution in [2.24, 2.45) is 5.92 Å². The van der Waals surface area contributed by atoms with Crippen molar-refractivity contribution in [3.05, 3.63) is 42.5 Å². The Balaban J connectivity index is 1.38. The van der Waals surface area contributed by atoms with Crippen molar-refractivity contribution in [2.75, 3.05) is 29.9 Å². The van der Waals surface area contributed by atoms with E-state index in [9.17, 15) is 9.59 Å². The largest absolute Gasteiger partial charge is 0.462 e. The van der Waals surface area contributed by atoms with Crippen LogP contribution in [0.25, 0.3) is 11.2 Å². The minimum Gasteiger partial charge on any atom is -0.462 e. The normalized spacial score (nSPS) is 14.7. The molecule has 2 N–H and O–H groups in total. The Hall–Kier alpha value is -3.49. The fraction of sp³-hybridized carbons (Fsp3) is 0.350. The number of carbonyl (C=O) groups excluding carboxylic acids is 2. The number of aromatic nitrogens is 4. The minimum atomic E-state index is -0.396. The lowest BCUT2D eigenvalue weighted by molar-refractivity contribution is -0.120. The molecule has 0 spiro atoms. The summed E-state index contributed by atoms with van der Waals surface area (Å²) in [4.78, 5) is 42.5. The Morgan fingerprint density at radius 1 is 1.24 bits per heavy atom. The summed E-state index contributed by atoms with van der Waals surface area (Å²) in [6.07, 6.45) is 4.54. The van der Waals surface area contributed by atoms with Gasteiger partial charge in [0.05, 0.1) is 18.5 Å². The van der Waals surface area contributed by atoms with Crippen molar-refractivity contribution in [3.8, 4) is 0 Å². The van der Waals surface area contributed by atoms with E-state index in [-0.39, 0.29) is 11.8 Å². The van der Waals surface area contributed by atoms with Crippen molar-refractivity contribution in [2.45, 2.75) is 19.8 Å². The van der Waals surface area contributed by atoms with E-state index in [0.29, 0.717) is 49.4 Å². The van der Waals surface area contributed by atoms with Crippen LogP contribution in [0.4, 0.5) is 11.5 Å². The van der Waals surface area contributed by atoms with E-state index in [2.05, 4.69) is 30.2 Å². The lowest BCUT2D eigenvalue weighted by Gasteiger charge is -2.32. The molecule has 3 heterocycles. The number of imidazole rings is 1. The molecule has 1 aromatic carbocycles. The minimum absolute atomic E-state index is 0.0416. The van der Waals surface area contributed by atoms with Crippen LogP contribution in [0.3, 0.4) is 0 Å². The number of anilines is 2. The maximum atomic E-state index is 12.7. The van der Waals surface area contributed by atoms with E-state index >= 15 is 0 Å². The summed E-state index contributed by atoms with van der Waals surface area (Å²) >= 11 is 0. The van der Waals surface area contributed by atoms with Gasteiger partial charge in [-0.1, -0.05) is 6.07 Å². The molecule has 1 fully saturated rings. The van der Waals surface area contributed by atoms with Gasteiger partial charge in [0.25, 0.3) is 0 Å². The Morgan fingerprint density at radius 3 is 2.86 bits per heavy atom. The lowest BCUT2D eigenvalue weighted by Crippen LogP contribution is -2.38. The fourth-order valence-electron chi connectivity index (χ4n) is 3.53. The van der Waals surface area contributed by atoms with E-state index in [4.69, 9.17) is 4.74 Å². The summed E-state index contributed by atoms with van der Waals surface area (Å²) in [5.74, 6) is 0.275. The standard InChI is InChI=1S/C20H22N6O3/c1-2-29-20(28)14-4-3-5-15(10-14)25-19(27)13-6-8-26(9-7-13)18-16-17(22-11-21-16)23-12-24-18/h3-5,10-13H,2,6-9H2,1H3,(H,25,27)(H,21,22,23,24). The zero-order valence-electron chi connectivity index (χ0n) is 16.1. The first-order chi connectivity index (χ1) is 14.2. The second kappa shape index (κ2) is 8.26. The molecule has 0 aliphatic carbocycles. The van der Waals surface area contributed by atoms with E-state index in [1.54, 1.807) is 37.5 Å². The Bertz CT molecular complexity index is 1030. The predicted molar refractivity (Wildman–Crippen MR) is 108 cm³/mol. The summed E-state index contributed by atoms with van der Waals surface area (Å²) in [6, 6.07) is 6.81. The van der Waals surface area contributed by atoms with Gasteiger partial charge < -0.3 is 19.9 Å². The van der Waals surface area contributed by atoms with Gasteiger partial charge in [-0.3, -0.25) is 4.79 Å². The maximum absolute atomic E-state index is 12.7. The Labute approximate surface area is 167 Å². The van der Waals surface area contributed by atoms with Gasteiger partial charge in [0.15, 0.2) is 11.5 Å². The van der Waals surface area contributed by atoms with Crippen molar-refractivity contribution in [1.82, 2.24) is 19.9 Å². The highest BCUT2D eigenvalue weighted by atomic mass is 16.5. The van der Waals surface area contributed by atoms with Crippen LogP contribution in [-0.4, -0.2) is 51.5 Å². The molecule has 0 bridgehead atoms. The molecule has 9 nitrogen and oxygen atoms in total. The van der Waals surface area contributed by atoms with Gasteiger partial charge in [0, 0.05) is 24.7 Å². The molecule has 0 radical (unpaired) electrons. The van der Waals surface area contributed by atoms with Crippen molar-refractivity contribution >= 4 is 34.5 Å². The van der Waals surface area contributed by atoms with Crippen LogP contribution < -0.4 is 10.2 Å². The Morgan fingerprint density at radius 2 is 2.07 bits per heavy atom. The zero-order valence-corrected chi connectivity index (χ0v) is 16.1. The van der Waals surface area contributed by atoms with Gasteiger partial charge in [-0.2, -0.15) is 0 Å². The van der Waals surface area contributed by atoms with Gasteiger partial charge in [-0.05, 0) is 38.0 Å². The van der Waals surface area contributed by atoms with Crippen molar-refractivity contribution in [1.29, 1.82) is 0 Å². The summed E-state index contributed by atoms with van der Waals surface area (Å²) < 4.78 is 5.01. The number of H-pyrrole nitrogens is 1. The molecule has 29 heavy (non-hydrogen) atoms. The molecule has 1 aliphatic rings. The average molecular weight is 394 g/mol. The van der Waals surface area contributed by atoms with Gasteiger partial charge in [0.1, 0.15) is 11.8 Å². The molecule has 1 aliphatic heterocycles. The topological polar surface area (TPSA) is 113 Å². The molecule has 2 aromatic heterocycles. The van der Waals surface area contributed by atoms with Crippen LogP contribution in [0.1, 0.15) is 30.1 Å². The first kappa shape index (κ1) is 18.9. The van der Waals surface area contributed by atoms with Crippen LogP contribution >= 0.6 is 0 Å². The fourth-order valence-corrected chi connectivity index (χ4v) is 3.53. The van der Waals surface area contributed by atoms with Crippen LogP contribution in [0, 0.1) is 5.92 Å². The van der Waals surface area contributed by atoms with E-state index in [1.807, 2.05) is 0 Å². The highest BCUT2D eigenvalue weighted by molar-refractivity contribution is 5.95. The number of piperidine rings is 1. The molecule has 0 unspecified atom stereocenters. The number of benzene rings is 1. The number of nitrogens with one attached hydrogen (secondary N) is 2. The number of rotatable bonds is 5. The van der Waals surface area contributed by atoms with Crippen LogP contribution in [0.15, 0.2) is 36.9 Å². The van der Waals surface area contributed by atoms with Crippen LogP contribution in [0.2, 0.25) is 0 Å². The monoisotopic (exact) mass is 394 g/mol. The highest BCUT2D eigenvalue weighted by Crippen LogP contribution is 2.26. The van der Waals surface area contributed by atoms with Crippen LogP contribution in [0.5, 0.6) is 0 Å². The molecule has 1 amide bonds. The summed E-state index contributed by atoms with van der Waals surface area (Å²) in [6.45, 7) is 3.50. The molecular formula is C20H22N6O3. The highest BCUT2D eigenvalue weighted by Gasteiger charge is 2.27. The van der Waals surface area contributed by atoms with E-state index in [1.165, 1.54) is 6.33 Å². The quantitative estimate of drug-likeness (QED) is 0.639. The molecule has 4 rings (SSSR count). The second-order valence-electron chi connectivity index (χ2n) is 6.85. The number of nitrogens with zero attached hydrogens (tertiary/aromatic N) is 4. The van der Waals surface area contributed by atoms with E-state index in [0.717, 1.165) is 11.3 Å². The molecule has 150 valence electrons. The first-order valence-corrected chi connectivity index (χ1v) is 9.62. The van der Waals surface area contributed by atoms with Gasteiger partial charge in [0.2, 0.25) is 5.91 Å². The lowest BCUT2D eigenvalue weighted by atomic mass is 9.95. The first-order valence-electron chi connectivity index (χ1n) is 9.62. The van der Waals surface area contributed by atoms with Gasteiger partial charge in [-0.25, -0.2) is 19.7 Å². The third kappa shape index (κ3) is 4.03. The number of hydrogen-bond donors (Lipinski definition) is 2. The summed E-state index contributed by atoms with van der Waals surface area (Å²) in [5.41, 5.74) is 2.47. The second-order valence-corrected chi connectivity index (χ2v) is 6.85. The number of amides is 1. The summed E-state index contributed by atoms with van der Waals surface area (Å²) in [5, 5.41) is 2.92. The Kier molecular flexibility index (Phi) is 5.37. The molecule has 0 atom stereocenters. The molecule has 0 saturated carbocycles. The number of carbonyl (C=O) groups is 2. The summed E-state index contributed by atoms with van der Waals surface area (Å²) in [7, 11) is 0. The van der Waals surface area contributed by atoms with Gasteiger partial charge in [-0.15, -0.1) is 0 Å². The number of fused-ring (bicyclic) bond motifs is 1. The SMILES string of the molecule is CCOC(=O)c1cccc(NC(=O)C2CCN(c3ncnc4nc[nH]c34)CC2)c1. The molecule has 3 aromatic rings. The van der Waals surface area contributed by atoms with Crippen molar-refractivity contribution in [3.63, 3.8) is 0 Å². The average Bonchev–Trinajstić information content (AvgIpc) is 3.23. The maximum Gasteiger partial charge on any atom is 0.338 e. The predicted octanol–water partition coefficient (Wildman–Crippen LogP) is 2.38. The number of aromatic amines is 1. The molecule has 9 heteroatoms. The van der Waals surface area contributed by atoms with Gasteiger partial charge >= 0.3 is 5.97 Å². The number of esters is 1. The number of ether oxygens (including phenoxy) is 1. The molecular weight excluding hydrogens is 372 g/mol. The van der Waals surface area contributed by atoms with E-state index < -0.39 is 5.97 Å². The van der Waals surface area contributed by atoms with Crippen LogP contribution in [-0.2, 0) is 9.53 Å². The third-order valence-corrected chi connectivity index (χ3v) is 5.01. The number of hydrogen-bond acceptors (Lipinski definition) is 7. The van der Waals surface area contributed by atoms with Crippen molar-refractivity contribution < 1.29 is 14.3 Å². The smallest absolute Gasteiger partial charge is 0.338 e. The third-order valence-electron chi connectivity index (χ3n) is 5.01. The molecule has 1 saturated heterocycles. The zero-order chi connectivity index (χ0) is 20.2.